The molecule has 0 aliphatic heterocycles. The Bertz CT molecular complexity index is 739. The molecule has 1 aromatic carbocycles. The standard InChI is InChI=1S/C18H22ClN5O2/c1-13(26-12-14-6-3-2-4-7-14)23-18(24-17(20)25)22-11-9-16-15(19)8-5-10-21-16/h2-8,10,13H,9,11-12H2,1H3,(H4,20,22,23,24,25). The van der Waals surface area contributed by atoms with Gasteiger partial charge in [0, 0.05) is 19.2 Å². The average molecular weight is 376 g/mol. The zero-order valence-electron chi connectivity index (χ0n) is 14.5. The van der Waals surface area contributed by atoms with E-state index in [-0.39, 0.29) is 12.2 Å². The molecule has 1 unspecified atom stereocenters. The number of nitrogens with two attached hydrogens (primary N) is 1. The maximum absolute atomic E-state index is 11.2. The Morgan fingerprint density at radius 1 is 1.31 bits per heavy atom. The molecule has 7 nitrogen and oxygen atoms in total. The molecule has 1 aromatic heterocycles. The number of nitrogens with zero attached hydrogens (tertiary/aromatic N) is 2. The second-order valence-corrected chi connectivity index (χ2v) is 5.89. The number of amides is 2. The third-order valence-electron chi connectivity index (χ3n) is 3.38. The fraction of sp³-hybridized carbons (Fsp3) is 0.278. The summed E-state index contributed by atoms with van der Waals surface area (Å²) in [7, 11) is 0. The van der Waals surface area contributed by atoms with Crippen molar-refractivity contribution in [3.05, 3.63) is 64.9 Å². The molecule has 8 heteroatoms. The summed E-state index contributed by atoms with van der Waals surface area (Å²) >= 11 is 6.07. The van der Waals surface area contributed by atoms with Gasteiger partial charge in [0.15, 0.2) is 0 Å². The number of hydrogen-bond acceptors (Lipinski definition) is 4. The highest BCUT2D eigenvalue weighted by Gasteiger charge is 2.08. The van der Waals surface area contributed by atoms with E-state index in [1.54, 1.807) is 18.3 Å². The summed E-state index contributed by atoms with van der Waals surface area (Å²) in [5.41, 5.74) is 6.98. The Morgan fingerprint density at radius 3 is 2.77 bits per heavy atom. The topological polar surface area (TPSA) is 102 Å². The molecule has 138 valence electrons. The summed E-state index contributed by atoms with van der Waals surface area (Å²) < 4.78 is 5.71. The number of aromatic nitrogens is 1. The first-order valence-corrected chi connectivity index (χ1v) is 8.54. The number of pyridine rings is 1. The Labute approximate surface area is 157 Å². The number of guanidine groups is 1. The summed E-state index contributed by atoms with van der Waals surface area (Å²) in [5, 5.41) is 6.02. The van der Waals surface area contributed by atoms with Crippen LogP contribution in [0.3, 0.4) is 0 Å². The van der Waals surface area contributed by atoms with Crippen LogP contribution in [-0.4, -0.2) is 29.7 Å². The molecule has 2 aromatic rings. The lowest BCUT2D eigenvalue weighted by Crippen LogP contribution is -2.47. The molecule has 2 rings (SSSR count). The highest BCUT2D eigenvalue weighted by Crippen LogP contribution is 2.12. The van der Waals surface area contributed by atoms with Crippen molar-refractivity contribution < 1.29 is 9.53 Å². The summed E-state index contributed by atoms with van der Waals surface area (Å²) in [6, 6.07) is 12.6. The van der Waals surface area contributed by atoms with Crippen molar-refractivity contribution in [3.8, 4) is 0 Å². The first-order valence-electron chi connectivity index (χ1n) is 8.17. The van der Waals surface area contributed by atoms with Crippen LogP contribution in [0.4, 0.5) is 4.79 Å². The first kappa shape index (κ1) is 19.7. The van der Waals surface area contributed by atoms with Crippen LogP contribution in [0.1, 0.15) is 18.2 Å². The molecule has 0 saturated carbocycles. The maximum atomic E-state index is 11.2. The minimum absolute atomic E-state index is 0.241. The van der Waals surface area contributed by atoms with Gasteiger partial charge >= 0.3 is 6.03 Å². The van der Waals surface area contributed by atoms with Gasteiger partial charge in [-0.15, -0.1) is 0 Å². The van der Waals surface area contributed by atoms with Gasteiger partial charge < -0.3 is 15.8 Å². The zero-order chi connectivity index (χ0) is 18.8. The summed E-state index contributed by atoms with van der Waals surface area (Å²) in [5.74, 6) is 0.241. The van der Waals surface area contributed by atoms with E-state index in [1.807, 2.05) is 37.3 Å². The number of rotatable bonds is 7. The van der Waals surface area contributed by atoms with E-state index in [1.165, 1.54) is 0 Å². The molecule has 0 spiro atoms. The number of benzene rings is 1. The number of primary amides is 1. The Balaban J connectivity index is 1.88. The van der Waals surface area contributed by atoms with E-state index in [2.05, 4.69) is 20.6 Å². The highest BCUT2D eigenvalue weighted by atomic mass is 35.5. The predicted molar refractivity (Wildman–Crippen MR) is 102 cm³/mol. The number of hydrogen-bond donors (Lipinski definition) is 3. The van der Waals surface area contributed by atoms with Crippen molar-refractivity contribution in [1.82, 2.24) is 15.6 Å². The number of nitrogens with one attached hydrogen (secondary N) is 2. The fourth-order valence-electron chi connectivity index (χ4n) is 2.14. The molecule has 0 aliphatic carbocycles. The smallest absolute Gasteiger partial charge is 0.318 e. The predicted octanol–water partition coefficient (Wildman–Crippen LogP) is 2.45. The summed E-state index contributed by atoms with van der Waals surface area (Å²) in [4.78, 5) is 19.7. The lowest BCUT2D eigenvalue weighted by atomic mass is 10.2. The Kier molecular flexibility index (Phi) is 7.85. The number of halogens is 1. The lowest BCUT2D eigenvalue weighted by molar-refractivity contribution is 0.0430. The molecule has 1 heterocycles. The van der Waals surface area contributed by atoms with Gasteiger partial charge in [-0.25, -0.2) is 4.79 Å². The van der Waals surface area contributed by atoms with Gasteiger partial charge in [0.1, 0.15) is 6.23 Å². The van der Waals surface area contributed by atoms with Crippen molar-refractivity contribution >= 4 is 23.6 Å². The maximum Gasteiger partial charge on any atom is 0.318 e. The number of urea groups is 1. The van der Waals surface area contributed by atoms with Gasteiger partial charge in [-0.3, -0.25) is 15.3 Å². The zero-order valence-corrected chi connectivity index (χ0v) is 15.2. The quantitative estimate of drug-likeness (QED) is 0.393. The second kappa shape index (κ2) is 10.4. The van der Waals surface area contributed by atoms with Crippen molar-refractivity contribution in [2.24, 2.45) is 10.7 Å². The molecule has 2 amide bonds. The lowest BCUT2D eigenvalue weighted by Gasteiger charge is -2.17. The Morgan fingerprint density at radius 2 is 2.08 bits per heavy atom. The van der Waals surface area contributed by atoms with Gasteiger partial charge in [0.2, 0.25) is 5.96 Å². The SMILES string of the molecule is CC(NC(=NCCc1ncccc1Cl)NC(N)=O)OCc1ccccc1. The van der Waals surface area contributed by atoms with Crippen molar-refractivity contribution in [1.29, 1.82) is 0 Å². The van der Waals surface area contributed by atoms with Crippen LogP contribution in [0.5, 0.6) is 0 Å². The monoisotopic (exact) mass is 375 g/mol. The first-order chi connectivity index (χ1) is 12.5. The van der Waals surface area contributed by atoms with Gasteiger partial charge in [-0.2, -0.15) is 0 Å². The van der Waals surface area contributed by atoms with Gasteiger partial charge in [0.05, 0.1) is 17.3 Å². The Hall–Kier alpha value is -2.64. The number of carbonyl (C=O) groups is 1. The van der Waals surface area contributed by atoms with Crippen LogP contribution < -0.4 is 16.4 Å². The van der Waals surface area contributed by atoms with Crippen LogP contribution in [0.25, 0.3) is 0 Å². The van der Waals surface area contributed by atoms with Crippen LogP contribution in [0.2, 0.25) is 5.02 Å². The van der Waals surface area contributed by atoms with E-state index in [4.69, 9.17) is 22.1 Å². The molecule has 26 heavy (non-hydrogen) atoms. The molecule has 0 bridgehead atoms. The van der Waals surface area contributed by atoms with Crippen LogP contribution in [0.15, 0.2) is 53.7 Å². The average Bonchev–Trinajstić information content (AvgIpc) is 2.62. The molecule has 1 atom stereocenters. The van der Waals surface area contributed by atoms with E-state index in [9.17, 15) is 4.79 Å². The van der Waals surface area contributed by atoms with Crippen LogP contribution in [-0.2, 0) is 17.8 Å². The van der Waals surface area contributed by atoms with E-state index >= 15 is 0 Å². The van der Waals surface area contributed by atoms with E-state index < -0.39 is 6.03 Å². The minimum Gasteiger partial charge on any atom is -0.354 e. The van der Waals surface area contributed by atoms with Crippen molar-refractivity contribution in [3.63, 3.8) is 0 Å². The summed E-state index contributed by atoms with van der Waals surface area (Å²) in [6.45, 7) is 2.63. The van der Waals surface area contributed by atoms with Crippen molar-refractivity contribution in [2.45, 2.75) is 26.2 Å². The molecule has 0 aliphatic rings. The van der Waals surface area contributed by atoms with Crippen LogP contribution in [0, 0.1) is 0 Å². The normalized spacial score (nSPS) is 12.5. The molecule has 0 fully saturated rings. The van der Waals surface area contributed by atoms with Crippen LogP contribution >= 0.6 is 11.6 Å². The molecule has 0 saturated heterocycles. The molecule has 4 N–H and O–H groups in total. The van der Waals surface area contributed by atoms with E-state index in [0.717, 1.165) is 11.3 Å². The van der Waals surface area contributed by atoms with Gasteiger partial charge in [0.25, 0.3) is 0 Å². The molecular formula is C18H22ClN5O2. The van der Waals surface area contributed by atoms with Gasteiger partial charge in [-0.05, 0) is 24.6 Å². The summed E-state index contributed by atoms with van der Waals surface area (Å²) in [6.07, 6.45) is 1.83. The highest BCUT2D eigenvalue weighted by molar-refractivity contribution is 6.31. The second-order valence-electron chi connectivity index (χ2n) is 5.48. The van der Waals surface area contributed by atoms with Gasteiger partial charge in [-0.1, -0.05) is 41.9 Å². The third kappa shape index (κ3) is 7.08. The molecule has 0 radical (unpaired) electrons. The number of aliphatic imine (C=N–C) groups is 1. The molecular weight excluding hydrogens is 354 g/mol. The minimum atomic E-state index is -0.706. The van der Waals surface area contributed by atoms with Crippen molar-refractivity contribution in [2.75, 3.05) is 6.54 Å². The number of carbonyl (C=O) groups excluding carboxylic acids is 1. The number of ether oxygens (including phenoxy) is 1. The third-order valence-corrected chi connectivity index (χ3v) is 3.72. The van der Waals surface area contributed by atoms with E-state index in [0.29, 0.717) is 24.6 Å². The fourth-order valence-corrected chi connectivity index (χ4v) is 2.36. The largest absolute Gasteiger partial charge is 0.354 e.